The predicted octanol–water partition coefficient (Wildman–Crippen LogP) is 2.89. The van der Waals surface area contributed by atoms with Crippen LogP contribution in [0.4, 0.5) is 0 Å². The van der Waals surface area contributed by atoms with Gasteiger partial charge in [0.25, 0.3) is 0 Å². The molecule has 3 aliphatic carbocycles. The van der Waals surface area contributed by atoms with Crippen LogP contribution in [0.25, 0.3) is 0 Å². The number of hydrogen-bond acceptors (Lipinski definition) is 5. The Morgan fingerprint density at radius 1 is 1.07 bits per heavy atom. The van der Waals surface area contributed by atoms with Gasteiger partial charge < -0.3 is 24.4 Å². The SMILES string of the molecule is C=C(CO)[C@@H]1CC[C@@H]2[C@@H](C1)[C@H]1OC(C)(C)O[C@H]1[C@@H]1C(C)(C)[C@H]3C[C@@H](O)[C@@]21CO3. The topological polar surface area (TPSA) is 68.2 Å². The van der Waals surface area contributed by atoms with Crippen molar-refractivity contribution in [3.63, 3.8) is 0 Å². The van der Waals surface area contributed by atoms with Gasteiger partial charge >= 0.3 is 0 Å². The standard InChI is InChI=1S/C23H36O5/c1-12(10-24)13-6-7-15-14(8-13)18-19(28-22(4,5)27-18)20-21(2,3)17-9-16(25)23(15,20)11-26-17/h13-20,24-25H,1,6-11H2,2-5H3/t13-,14-,15-,16-,17-,18-,19-,20-,23-/m1/s1. The minimum Gasteiger partial charge on any atom is -0.392 e. The van der Waals surface area contributed by atoms with Gasteiger partial charge in [-0.25, -0.2) is 0 Å². The molecule has 3 aliphatic heterocycles. The first-order chi connectivity index (χ1) is 13.1. The van der Waals surface area contributed by atoms with E-state index in [0.29, 0.717) is 24.4 Å². The molecule has 2 N–H and O–H groups in total. The maximum absolute atomic E-state index is 11.4. The van der Waals surface area contributed by atoms with Crippen LogP contribution in [0, 0.1) is 34.5 Å². The summed E-state index contributed by atoms with van der Waals surface area (Å²) in [5, 5.41) is 21.0. The molecule has 5 heteroatoms. The summed E-state index contributed by atoms with van der Waals surface area (Å²) in [6, 6.07) is 0. The normalized spacial score (nSPS) is 53.2. The van der Waals surface area contributed by atoms with E-state index in [1.807, 2.05) is 13.8 Å². The molecule has 0 unspecified atom stereocenters. The number of hydrogen-bond donors (Lipinski definition) is 2. The van der Waals surface area contributed by atoms with Crippen molar-refractivity contribution in [1.82, 2.24) is 0 Å². The molecule has 0 aromatic carbocycles. The van der Waals surface area contributed by atoms with Crippen molar-refractivity contribution >= 4 is 0 Å². The van der Waals surface area contributed by atoms with E-state index in [1.165, 1.54) is 0 Å². The molecule has 28 heavy (non-hydrogen) atoms. The Balaban J connectivity index is 1.60. The molecule has 9 atom stereocenters. The highest BCUT2D eigenvalue weighted by atomic mass is 16.8. The molecule has 5 nitrogen and oxygen atoms in total. The molecule has 158 valence electrons. The summed E-state index contributed by atoms with van der Waals surface area (Å²) in [4.78, 5) is 0. The van der Waals surface area contributed by atoms with E-state index in [4.69, 9.17) is 14.2 Å². The molecule has 6 fully saturated rings. The molecule has 0 amide bonds. The van der Waals surface area contributed by atoms with E-state index in [9.17, 15) is 10.2 Å². The maximum Gasteiger partial charge on any atom is 0.163 e. The Labute approximate surface area is 168 Å². The molecule has 1 spiro atoms. The first-order valence-electron chi connectivity index (χ1n) is 11.1. The lowest BCUT2D eigenvalue weighted by Gasteiger charge is -2.70. The van der Waals surface area contributed by atoms with Gasteiger partial charge in [0, 0.05) is 17.8 Å². The smallest absolute Gasteiger partial charge is 0.163 e. The molecular formula is C23H36O5. The van der Waals surface area contributed by atoms with Crippen LogP contribution < -0.4 is 0 Å². The molecule has 0 aromatic rings. The fourth-order valence-corrected chi connectivity index (χ4v) is 8.00. The molecule has 0 radical (unpaired) electrons. The van der Waals surface area contributed by atoms with E-state index in [0.717, 1.165) is 31.3 Å². The van der Waals surface area contributed by atoms with Crippen molar-refractivity contribution in [3.05, 3.63) is 12.2 Å². The van der Waals surface area contributed by atoms with Crippen LogP contribution in [0.1, 0.15) is 53.4 Å². The van der Waals surface area contributed by atoms with Crippen molar-refractivity contribution in [2.75, 3.05) is 13.2 Å². The zero-order valence-electron chi connectivity index (χ0n) is 17.7. The fraction of sp³-hybridized carbons (Fsp3) is 0.913. The summed E-state index contributed by atoms with van der Waals surface area (Å²) in [6.07, 6.45) is 3.47. The minimum absolute atomic E-state index is 0.0197. The van der Waals surface area contributed by atoms with Crippen molar-refractivity contribution in [3.8, 4) is 0 Å². The Bertz CT molecular complexity index is 672. The Morgan fingerprint density at radius 3 is 2.46 bits per heavy atom. The van der Waals surface area contributed by atoms with Crippen LogP contribution in [0.2, 0.25) is 0 Å². The summed E-state index contributed by atoms with van der Waals surface area (Å²) in [6.45, 7) is 13.4. The first kappa shape index (κ1) is 19.5. The summed E-state index contributed by atoms with van der Waals surface area (Å²) >= 11 is 0. The van der Waals surface area contributed by atoms with Crippen LogP contribution in [0.15, 0.2) is 12.2 Å². The van der Waals surface area contributed by atoms with E-state index >= 15 is 0 Å². The number of ether oxygens (including phenoxy) is 3. The summed E-state index contributed by atoms with van der Waals surface area (Å²) < 4.78 is 19.4. The second kappa shape index (κ2) is 6.04. The predicted molar refractivity (Wildman–Crippen MR) is 104 cm³/mol. The molecule has 2 bridgehead atoms. The van der Waals surface area contributed by atoms with Gasteiger partial charge in [-0.3, -0.25) is 0 Å². The Hall–Kier alpha value is -0.460. The maximum atomic E-state index is 11.4. The number of aliphatic hydroxyl groups is 2. The molecular weight excluding hydrogens is 356 g/mol. The van der Waals surface area contributed by atoms with Crippen molar-refractivity contribution in [1.29, 1.82) is 0 Å². The largest absolute Gasteiger partial charge is 0.392 e. The van der Waals surface area contributed by atoms with Gasteiger partial charge in [-0.15, -0.1) is 0 Å². The summed E-state index contributed by atoms with van der Waals surface area (Å²) in [5.41, 5.74) is 0.609. The van der Waals surface area contributed by atoms with E-state index in [2.05, 4.69) is 20.4 Å². The lowest BCUT2D eigenvalue weighted by atomic mass is 9.39. The van der Waals surface area contributed by atoms with Crippen molar-refractivity contribution in [2.45, 2.75) is 83.6 Å². The minimum atomic E-state index is -0.606. The third kappa shape index (κ3) is 2.37. The fourth-order valence-electron chi connectivity index (χ4n) is 8.00. The van der Waals surface area contributed by atoms with Crippen molar-refractivity contribution < 1.29 is 24.4 Å². The third-order valence-electron chi connectivity index (χ3n) is 9.09. The van der Waals surface area contributed by atoms with Gasteiger partial charge in [0.1, 0.15) is 0 Å². The quantitative estimate of drug-likeness (QED) is 0.708. The lowest BCUT2D eigenvalue weighted by molar-refractivity contribution is -0.330. The average molecular weight is 393 g/mol. The average Bonchev–Trinajstić information content (AvgIpc) is 2.96. The van der Waals surface area contributed by atoms with Gasteiger partial charge in [-0.2, -0.15) is 0 Å². The van der Waals surface area contributed by atoms with Crippen LogP contribution in [-0.2, 0) is 14.2 Å². The zero-order chi connectivity index (χ0) is 20.1. The van der Waals surface area contributed by atoms with Crippen LogP contribution in [0.3, 0.4) is 0 Å². The molecule has 3 heterocycles. The van der Waals surface area contributed by atoms with Crippen LogP contribution >= 0.6 is 0 Å². The summed E-state index contributed by atoms with van der Waals surface area (Å²) in [5.74, 6) is 0.597. The Kier molecular flexibility index (Phi) is 4.21. The first-order valence-corrected chi connectivity index (χ1v) is 11.1. The highest BCUT2D eigenvalue weighted by molar-refractivity contribution is 5.22. The lowest BCUT2D eigenvalue weighted by Crippen LogP contribution is -2.75. The second-order valence-corrected chi connectivity index (χ2v) is 11.1. The second-order valence-electron chi connectivity index (χ2n) is 11.1. The van der Waals surface area contributed by atoms with Crippen molar-refractivity contribution in [2.24, 2.45) is 34.5 Å². The monoisotopic (exact) mass is 392 g/mol. The van der Waals surface area contributed by atoms with E-state index < -0.39 is 5.79 Å². The number of fused-ring (bicyclic) bond motifs is 5. The third-order valence-corrected chi connectivity index (χ3v) is 9.09. The molecule has 0 aromatic heterocycles. The molecule has 3 saturated carbocycles. The summed E-state index contributed by atoms with van der Waals surface area (Å²) in [7, 11) is 0. The number of aliphatic hydroxyl groups excluding tert-OH is 2. The Morgan fingerprint density at radius 2 is 1.79 bits per heavy atom. The van der Waals surface area contributed by atoms with E-state index in [1.54, 1.807) is 0 Å². The number of rotatable bonds is 2. The van der Waals surface area contributed by atoms with E-state index in [-0.39, 0.29) is 47.8 Å². The zero-order valence-corrected chi connectivity index (χ0v) is 17.7. The van der Waals surface area contributed by atoms with Crippen LogP contribution in [-0.4, -0.2) is 53.6 Å². The van der Waals surface area contributed by atoms with Gasteiger partial charge in [-0.1, -0.05) is 20.4 Å². The van der Waals surface area contributed by atoms with Crippen LogP contribution in [0.5, 0.6) is 0 Å². The molecule has 6 aliphatic rings. The van der Waals surface area contributed by atoms with Gasteiger partial charge in [0.15, 0.2) is 5.79 Å². The van der Waals surface area contributed by atoms with Gasteiger partial charge in [-0.05, 0) is 61.9 Å². The highest BCUT2D eigenvalue weighted by Gasteiger charge is 2.74. The molecule has 3 saturated heterocycles. The van der Waals surface area contributed by atoms with Gasteiger partial charge in [0.05, 0.1) is 37.6 Å². The molecule has 6 rings (SSSR count). The van der Waals surface area contributed by atoms with Gasteiger partial charge in [0.2, 0.25) is 0 Å². The highest BCUT2D eigenvalue weighted by Crippen LogP contribution is 2.69.